The molecule has 6 heavy (non-hydrogen) atoms. The van der Waals surface area contributed by atoms with E-state index in [1.807, 2.05) is 0 Å². The van der Waals surface area contributed by atoms with Crippen LogP contribution in [0.15, 0.2) is 0 Å². The van der Waals surface area contributed by atoms with E-state index in [1.165, 1.54) is 0 Å². The Hall–Kier alpha value is 0.460. The van der Waals surface area contributed by atoms with Gasteiger partial charge in [-0.05, 0) is 0 Å². The lowest BCUT2D eigenvalue weighted by Crippen LogP contribution is -2.33. The van der Waals surface area contributed by atoms with Gasteiger partial charge in [0.15, 0.2) is 0 Å². The molecule has 0 aliphatic rings. The molecule has 0 fully saturated rings. The molecule has 0 unspecified atom stereocenters. The summed E-state index contributed by atoms with van der Waals surface area (Å²) in [6.07, 6.45) is 0. The monoisotopic (exact) mass is 132 g/mol. The van der Waals surface area contributed by atoms with Gasteiger partial charge >= 0.3 is 0 Å². The fraction of sp³-hybridized carbons (Fsp3) is 1.00. The molecule has 0 aromatic carbocycles. The molecular weight excluding hydrogens is 131 g/mol. The molecule has 0 heterocycles. The van der Waals surface area contributed by atoms with Crippen LogP contribution in [0.5, 0.6) is 0 Å². The van der Waals surface area contributed by atoms with Gasteiger partial charge in [0.2, 0.25) is 6.07 Å². The van der Waals surface area contributed by atoms with Crippen molar-refractivity contribution in [3.05, 3.63) is 0 Å². The standard InChI is InChI=1S/CH2Cl2O3/c2-1-6-3(4)5/h1H2. The summed E-state index contributed by atoms with van der Waals surface area (Å²) in [5, 5.41) is 0. The lowest BCUT2D eigenvalue weighted by Gasteiger charge is -1.84. The van der Waals surface area contributed by atoms with Crippen molar-refractivity contribution in [1.29, 1.82) is 0 Å². The Morgan fingerprint density at radius 2 is 2.17 bits per heavy atom. The lowest BCUT2D eigenvalue weighted by molar-refractivity contribution is -1.63. The molecule has 0 spiro atoms. The van der Waals surface area contributed by atoms with E-state index >= 15 is 0 Å². The SMILES string of the molecule is [O-][Cl+2]([O-])OCCl. The van der Waals surface area contributed by atoms with Crippen molar-refractivity contribution in [3.8, 4) is 0 Å². The highest BCUT2D eigenvalue weighted by atomic mass is 35.6. The molecule has 38 valence electrons. The largest absolute Gasteiger partial charge is 0.320 e. The summed E-state index contributed by atoms with van der Waals surface area (Å²) in [5.41, 5.74) is 0. The van der Waals surface area contributed by atoms with Crippen LogP contribution in [-0.2, 0) is 4.29 Å². The molecule has 0 aliphatic carbocycles. The first kappa shape index (κ1) is 6.46. The van der Waals surface area contributed by atoms with Crippen LogP contribution in [0.1, 0.15) is 0 Å². The van der Waals surface area contributed by atoms with Gasteiger partial charge in [-0.1, -0.05) is 11.6 Å². The highest BCUT2D eigenvalue weighted by molar-refractivity contribution is 6.16. The van der Waals surface area contributed by atoms with Crippen LogP contribution in [0.2, 0.25) is 0 Å². The van der Waals surface area contributed by atoms with Gasteiger partial charge in [0.05, 0.1) is 0 Å². The van der Waals surface area contributed by atoms with Gasteiger partial charge in [0, 0.05) is 4.29 Å². The first-order chi connectivity index (χ1) is 2.77. The van der Waals surface area contributed by atoms with Crippen molar-refractivity contribution in [2.24, 2.45) is 0 Å². The summed E-state index contributed by atoms with van der Waals surface area (Å²) >= 11 is 4.77. The molecule has 0 bridgehead atoms. The van der Waals surface area contributed by atoms with E-state index in [-0.39, 0.29) is 6.07 Å². The summed E-state index contributed by atoms with van der Waals surface area (Å²) in [5.74, 6) is 0. The zero-order valence-electron chi connectivity index (χ0n) is 2.69. The van der Waals surface area contributed by atoms with Gasteiger partial charge in [-0.2, -0.15) is 0 Å². The molecule has 5 heteroatoms. The molecule has 0 aromatic heterocycles. The van der Waals surface area contributed by atoms with E-state index in [9.17, 15) is 9.32 Å². The predicted octanol–water partition coefficient (Wildman–Crippen LogP) is -1.71. The second kappa shape index (κ2) is 3.64. The van der Waals surface area contributed by atoms with Crippen molar-refractivity contribution < 1.29 is 24.4 Å². The number of hydrogen-bond acceptors (Lipinski definition) is 3. The van der Waals surface area contributed by atoms with Crippen LogP contribution in [0.4, 0.5) is 0 Å². The zero-order valence-corrected chi connectivity index (χ0v) is 4.20. The average Bonchev–Trinajstić information content (AvgIpc) is 1.35. The smallest absolute Gasteiger partial charge is 0.287 e. The van der Waals surface area contributed by atoms with Crippen molar-refractivity contribution >= 4 is 11.6 Å². The summed E-state index contributed by atoms with van der Waals surface area (Å²) in [6.45, 7) is 0. The van der Waals surface area contributed by atoms with Gasteiger partial charge < -0.3 is 9.32 Å². The molecule has 3 nitrogen and oxygen atoms in total. The Bertz CT molecular complexity index is 30.0. The zero-order chi connectivity index (χ0) is 4.99. The maximum atomic E-state index is 9.26. The molecular formula is CH2Cl2O3. The van der Waals surface area contributed by atoms with Crippen molar-refractivity contribution in [2.75, 3.05) is 6.07 Å². The van der Waals surface area contributed by atoms with Crippen molar-refractivity contribution in [1.82, 2.24) is 0 Å². The minimum absolute atomic E-state index is 0.326. The van der Waals surface area contributed by atoms with Gasteiger partial charge in [-0.25, -0.2) is 0 Å². The Kier molecular flexibility index (Phi) is 3.92. The van der Waals surface area contributed by atoms with E-state index in [4.69, 9.17) is 11.6 Å². The van der Waals surface area contributed by atoms with Gasteiger partial charge in [0.1, 0.15) is 0 Å². The van der Waals surface area contributed by atoms with Gasteiger partial charge in [0.25, 0.3) is 10.8 Å². The number of halogens is 2. The minimum atomic E-state index is -2.16. The third-order valence-corrected chi connectivity index (χ3v) is 0.638. The Labute approximate surface area is 42.9 Å². The van der Waals surface area contributed by atoms with Crippen LogP contribution < -0.4 is 9.32 Å². The number of rotatable bonds is 2. The second-order valence-corrected chi connectivity index (χ2v) is 1.22. The first-order valence-corrected chi connectivity index (χ1v) is 2.48. The number of alkyl halides is 1. The first-order valence-electron chi connectivity index (χ1n) is 1.02. The highest BCUT2D eigenvalue weighted by Gasteiger charge is 2.00. The third-order valence-electron chi connectivity index (χ3n) is 0.130. The van der Waals surface area contributed by atoms with E-state index in [0.717, 1.165) is 0 Å². The molecule has 0 atom stereocenters. The van der Waals surface area contributed by atoms with E-state index in [0.29, 0.717) is 0 Å². The van der Waals surface area contributed by atoms with Gasteiger partial charge in [-0.3, -0.25) is 0 Å². The quantitative estimate of drug-likeness (QED) is 0.421. The molecule has 0 amide bonds. The second-order valence-electron chi connectivity index (χ2n) is 0.407. The van der Waals surface area contributed by atoms with Crippen molar-refractivity contribution in [3.63, 3.8) is 0 Å². The fourth-order valence-electron chi connectivity index (χ4n) is 0.0337. The van der Waals surface area contributed by atoms with Crippen LogP contribution >= 0.6 is 11.6 Å². The third kappa shape index (κ3) is 4.46. The molecule has 0 rings (SSSR count). The molecule has 0 saturated carbocycles. The normalized spacial score (nSPS) is 10.0. The van der Waals surface area contributed by atoms with E-state index in [1.54, 1.807) is 0 Å². The summed E-state index contributed by atoms with van der Waals surface area (Å²) < 4.78 is 22.2. The summed E-state index contributed by atoms with van der Waals surface area (Å²) in [4.78, 5) is 0. The lowest BCUT2D eigenvalue weighted by atomic mass is 11.7. The maximum absolute atomic E-state index is 9.26. The highest BCUT2D eigenvalue weighted by Crippen LogP contribution is 1.78. The number of hydrogen-bond donors (Lipinski definition) is 0. The van der Waals surface area contributed by atoms with Gasteiger partial charge in [-0.15, -0.1) is 0 Å². The Morgan fingerprint density at radius 1 is 1.67 bits per heavy atom. The predicted molar refractivity (Wildman–Crippen MR) is 11.8 cm³/mol. The Morgan fingerprint density at radius 3 is 2.17 bits per heavy atom. The fourth-order valence-corrected chi connectivity index (χ4v) is 0.303. The van der Waals surface area contributed by atoms with Crippen LogP contribution in [0, 0.1) is 10.8 Å². The molecule has 0 radical (unpaired) electrons. The topological polar surface area (TPSA) is 55.3 Å². The van der Waals surface area contributed by atoms with E-state index in [2.05, 4.69) is 4.29 Å². The Balaban J connectivity index is 2.63. The molecule has 0 saturated heterocycles. The molecule has 0 aromatic rings. The molecule has 0 aliphatic heterocycles. The van der Waals surface area contributed by atoms with Crippen molar-refractivity contribution in [2.45, 2.75) is 0 Å². The minimum Gasteiger partial charge on any atom is -0.320 e. The van der Waals surface area contributed by atoms with E-state index < -0.39 is 10.8 Å². The van der Waals surface area contributed by atoms with Crippen LogP contribution in [-0.4, -0.2) is 6.07 Å². The average molecular weight is 133 g/mol. The van der Waals surface area contributed by atoms with Crippen LogP contribution in [0.25, 0.3) is 0 Å². The molecule has 0 N–H and O–H groups in total. The maximum Gasteiger partial charge on any atom is 0.287 e. The van der Waals surface area contributed by atoms with Crippen LogP contribution in [0.3, 0.4) is 0 Å². The summed E-state index contributed by atoms with van der Waals surface area (Å²) in [7, 11) is -2.16. The summed E-state index contributed by atoms with van der Waals surface area (Å²) in [6, 6.07) is -0.326.